The van der Waals surface area contributed by atoms with Crippen LogP contribution >= 0.6 is 15.9 Å². The van der Waals surface area contributed by atoms with Crippen LogP contribution in [-0.2, 0) is 11.2 Å². The van der Waals surface area contributed by atoms with Gasteiger partial charge >= 0.3 is 0 Å². The summed E-state index contributed by atoms with van der Waals surface area (Å²) in [5.41, 5.74) is 1.74. The first-order valence-electron chi connectivity index (χ1n) is 7.49. The molecule has 1 atom stereocenters. The number of Topliss-reactive ketones (excluding diaryl/α,β-unsaturated/α-hetero) is 2. The van der Waals surface area contributed by atoms with Gasteiger partial charge in [0.05, 0.1) is 5.92 Å². The van der Waals surface area contributed by atoms with E-state index in [2.05, 4.69) is 22.9 Å². The molecule has 0 aromatic heterocycles. The average molecular weight is 337 g/mol. The Labute approximate surface area is 129 Å². The smallest absolute Gasteiger partial charge is 0.173 e. The maximum Gasteiger partial charge on any atom is 0.173 e. The van der Waals surface area contributed by atoms with E-state index < -0.39 is 5.92 Å². The Kier molecular flexibility index (Phi) is 5.53. The van der Waals surface area contributed by atoms with Gasteiger partial charge in [-0.25, -0.2) is 0 Å². The minimum Gasteiger partial charge on any atom is -0.299 e. The van der Waals surface area contributed by atoms with Gasteiger partial charge in [-0.2, -0.15) is 0 Å². The number of benzene rings is 1. The van der Waals surface area contributed by atoms with Gasteiger partial charge in [-0.05, 0) is 36.6 Å². The normalized spacial score (nSPS) is 17.3. The molecule has 0 heterocycles. The van der Waals surface area contributed by atoms with Crippen molar-refractivity contribution >= 4 is 27.5 Å². The molecule has 0 radical (unpaired) electrons. The second kappa shape index (κ2) is 7.16. The zero-order chi connectivity index (χ0) is 14.5. The molecule has 2 nitrogen and oxygen atoms in total. The fourth-order valence-corrected chi connectivity index (χ4v) is 3.22. The van der Waals surface area contributed by atoms with E-state index in [1.807, 2.05) is 18.2 Å². The molecule has 108 valence electrons. The molecule has 0 spiro atoms. The van der Waals surface area contributed by atoms with Crippen molar-refractivity contribution in [3.8, 4) is 0 Å². The van der Waals surface area contributed by atoms with Gasteiger partial charge in [-0.15, -0.1) is 0 Å². The predicted molar refractivity (Wildman–Crippen MR) is 84.0 cm³/mol. The van der Waals surface area contributed by atoms with Crippen molar-refractivity contribution in [2.75, 3.05) is 0 Å². The molecule has 1 aliphatic carbocycles. The third kappa shape index (κ3) is 3.57. The van der Waals surface area contributed by atoms with Gasteiger partial charge in [0.15, 0.2) is 5.78 Å². The lowest BCUT2D eigenvalue weighted by atomic mass is 9.95. The highest BCUT2D eigenvalue weighted by Crippen LogP contribution is 2.30. The molecule has 0 N–H and O–H groups in total. The summed E-state index contributed by atoms with van der Waals surface area (Å²) in [6, 6.07) is 5.66. The third-order valence-electron chi connectivity index (χ3n) is 3.99. The molecular formula is C17H21BrO2. The first-order valence-corrected chi connectivity index (χ1v) is 8.28. The first-order chi connectivity index (χ1) is 9.63. The van der Waals surface area contributed by atoms with Gasteiger partial charge in [-0.1, -0.05) is 48.5 Å². The van der Waals surface area contributed by atoms with Crippen LogP contribution in [0.2, 0.25) is 0 Å². The minimum absolute atomic E-state index is 0.0195. The average Bonchev–Trinajstić information content (AvgIpc) is 2.75. The largest absolute Gasteiger partial charge is 0.299 e. The van der Waals surface area contributed by atoms with Gasteiger partial charge < -0.3 is 0 Å². The molecule has 0 saturated carbocycles. The highest BCUT2D eigenvalue weighted by Gasteiger charge is 2.34. The zero-order valence-electron chi connectivity index (χ0n) is 12.0. The third-order valence-corrected chi connectivity index (χ3v) is 4.48. The summed E-state index contributed by atoms with van der Waals surface area (Å²) in [6.07, 6.45) is 6.78. The lowest BCUT2D eigenvalue weighted by Gasteiger charge is -2.06. The van der Waals surface area contributed by atoms with Crippen LogP contribution in [0, 0.1) is 5.92 Å². The SMILES string of the molecule is CCCCCCCC(=O)C1Cc2cc(Br)ccc2C1=O. The molecule has 1 aliphatic rings. The molecule has 0 bridgehead atoms. The number of carbonyl (C=O) groups excluding carboxylic acids is 2. The van der Waals surface area contributed by atoms with Gasteiger partial charge in [0, 0.05) is 16.5 Å². The van der Waals surface area contributed by atoms with Crippen molar-refractivity contribution in [2.45, 2.75) is 51.9 Å². The summed E-state index contributed by atoms with van der Waals surface area (Å²) in [5, 5.41) is 0. The van der Waals surface area contributed by atoms with Crippen LogP contribution < -0.4 is 0 Å². The van der Waals surface area contributed by atoms with Gasteiger partial charge in [-0.3, -0.25) is 9.59 Å². The van der Waals surface area contributed by atoms with E-state index in [9.17, 15) is 9.59 Å². The topological polar surface area (TPSA) is 34.1 Å². The molecule has 1 aromatic rings. The molecule has 3 heteroatoms. The van der Waals surface area contributed by atoms with E-state index in [4.69, 9.17) is 0 Å². The molecule has 0 aliphatic heterocycles. The van der Waals surface area contributed by atoms with Crippen molar-refractivity contribution in [2.24, 2.45) is 5.92 Å². The molecule has 20 heavy (non-hydrogen) atoms. The summed E-state index contributed by atoms with van der Waals surface area (Å²) in [6.45, 7) is 2.18. The highest BCUT2D eigenvalue weighted by molar-refractivity contribution is 9.10. The Hall–Kier alpha value is -0.960. The number of fused-ring (bicyclic) bond motifs is 1. The fourth-order valence-electron chi connectivity index (χ4n) is 2.81. The van der Waals surface area contributed by atoms with E-state index in [-0.39, 0.29) is 11.6 Å². The zero-order valence-corrected chi connectivity index (χ0v) is 13.5. The van der Waals surface area contributed by atoms with Crippen molar-refractivity contribution in [3.63, 3.8) is 0 Å². The monoisotopic (exact) mass is 336 g/mol. The van der Waals surface area contributed by atoms with Gasteiger partial charge in [0.1, 0.15) is 5.78 Å². The molecule has 0 amide bonds. The summed E-state index contributed by atoms with van der Waals surface area (Å²) >= 11 is 3.41. The summed E-state index contributed by atoms with van der Waals surface area (Å²) in [5.74, 6) is -0.282. The van der Waals surface area contributed by atoms with Gasteiger partial charge in [0.2, 0.25) is 0 Å². The Morgan fingerprint density at radius 3 is 2.75 bits per heavy atom. The Morgan fingerprint density at radius 2 is 2.00 bits per heavy atom. The molecule has 0 fully saturated rings. The van der Waals surface area contributed by atoms with Crippen molar-refractivity contribution in [1.29, 1.82) is 0 Å². The lowest BCUT2D eigenvalue weighted by Crippen LogP contribution is -2.20. The van der Waals surface area contributed by atoms with Crippen LogP contribution in [0.1, 0.15) is 61.4 Å². The lowest BCUT2D eigenvalue weighted by molar-refractivity contribution is -0.121. The number of ketones is 2. The second-order valence-electron chi connectivity index (χ2n) is 5.55. The van der Waals surface area contributed by atoms with Crippen molar-refractivity contribution in [1.82, 2.24) is 0 Å². The predicted octanol–water partition coefficient (Wildman–Crippen LogP) is 4.73. The summed E-state index contributed by atoms with van der Waals surface area (Å²) < 4.78 is 0.969. The number of halogens is 1. The highest BCUT2D eigenvalue weighted by atomic mass is 79.9. The number of rotatable bonds is 7. The van der Waals surface area contributed by atoms with Crippen LogP contribution in [-0.4, -0.2) is 11.6 Å². The Balaban J connectivity index is 1.88. The second-order valence-corrected chi connectivity index (χ2v) is 6.47. The van der Waals surface area contributed by atoms with E-state index >= 15 is 0 Å². The fraction of sp³-hybridized carbons (Fsp3) is 0.529. The number of carbonyl (C=O) groups is 2. The molecular weight excluding hydrogens is 316 g/mol. The van der Waals surface area contributed by atoms with Crippen molar-refractivity contribution < 1.29 is 9.59 Å². The number of hydrogen-bond acceptors (Lipinski definition) is 2. The number of unbranched alkanes of at least 4 members (excludes halogenated alkanes) is 4. The van der Waals surface area contributed by atoms with E-state index in [0.717, 1.165) is 28.4 Å². The van der Waals surface area contributed by atoms with E-state index in [1.54, 1.807) is 0 Å². The minimum atomic E-state index is -0.425. The summed E-state index contributed by atoms with van der Waals surface area (Å²) in [4.78, 5) is 24.5. The van der Waals surface area contributed by atoms with Crippen molar-refractivity contribution in [3.05, 3.63) is 33.8 Å². The maximum atomic E-state index is 12.2. The van der Waals surface area contributed by atoms with Crippen LogP contribution in [0.15, 0.2) is 22.7 Å². The maximum absolute atomic E-state index is 12.2. The van der Waals surface area contributed by atoms with E-state index in [0.29, 0.717) is 12.8 Å². The molecule has 1 aromatic carbocycles. The van der Waals surface area contributed by atoms with Gasteiger partial charge in [0.25, 0.3) is 0 Å². The number of hydrogen-bond donors (Lipinski definition) is 0. The van der Waals surface area contributed by atoms with Crippen LogP contribution in [0.5, 0.6) is 0 Å². The van der Waals surface area contributed by atoms with Crippen LogP contribution in [0.3, 0.4) is 0 Å². The Bertz CT molecular complexity index is 508. The quantitative estimate of drug-likeness (QED) is 0.532. The first kappa shape index (κ1) is 15.4. The molecule has 1 unspecified atom stereocenters. The van der Waals surface area contributed by atoms with Crippen LogP contribution in [0.25, 0.3) is 0 Å². The molecule has 2 rings (SSSR count). The Morgan fingerprint density at radius 1 is 1.25 bits per heavy atom. The standard InChI is InChI=1S/C17H21BrO2/c1-2-3-4-5-6-7-16(19)15-11-12-10-13(18)8-9-14(12)17(15)20/h8-10,15H,2-7,11H2,1H3. The van der Waals surface area contributed by atoms with E-state index in [1.165, 1.54) is 19.3 Å². The van der Waals surface area contributed by atoms with Crippen LogP contribution in [0.4, 0.5) is 0 Å². The molecule has 0 saturated heterocycles. The summed E-state index contributed by atoms with van der Waals surface area (Å²) in [7, 11) is 0.